The van der Waals surface area contributed by atoms with Gasteiger partial charge in [-0.2, -0.15) is 13.2 Å². The highest BCUT2D eigenvalue weighted by molar-refractivity contribution is 5.07. The molecule has 0 spiro atoms. The lowest BCUT2D eigenvalue weighted by molar-refractivity contribution is -0.165. The maximum absolute atomic E-state index is 12.6. The van der Waals surface area contributed by atoms with Crippen LogP contribution >= 0.6 is 0 Å². The molecule has 1 atom stereocenters. The average molecular weight is 252 g/mol. The SMILES string of the molecule is CC(C)CC(CN)CCNC1(C(F)(F)F)CC1. The van der Waals surface area contributed by atoms with E-state index in [0.29, 0.717) is 24.9 Å². The van der Waals surface area contributed by atoms with E-state index in [1.54, 1.807) is 0 Å². The van der Waals surface area contributed by atoms with Crippen molar-refractivity contribution in [1.29, 1.82) is 0 Å². The van der Waals surface area contributed by atoms with Gasteiger partial charge in [0, 0.05) is 0 Å². The molecule has 0 aromatic carbocycles. The smallest absolute Gasteiger partial charge is 0.330 e. The van der Waals surface area contributed by atoms with Gasteiger partial charge in [-0.1, -0.05) is 13.8 Å². The van der Waals surface area contributed by atoms with E-state index in [9.17, 15) is 13.2 Å². The highest BCUT2D eigenvalue weighted by Crippen LogP contribution is 2.48. The van der Waals surface area contributed by atoms with Crippen molar-refractivity contribution in [2.75, 3.05) is 13.1 Å². The highest BCUT2D eigenvalue weighted by atomic mass is 19.4. The Morgan fingerprint density at radius 3 is 2.24 bits per heavy atom. The van der Waals surface area contributed by atoms with Crippen LogP contribution in [0.25, 0.3) is 0 Å². The molecule has 0 aliphatic heterocycles. The molecule has 17 heavy (non-hydrogen) atoms. The predicted octanol–water partition coefficient (Wildman–Crippen LogP) is 2.68. The summed E-state index contributed by atoms with van der Waals surface area (Å²) < 4.78 is 37.9. The zero-order chi connectivity index (χ0) is 13.1. The third-order valence-corrected chi connectivity index (χ3v) is 3.45. The van der Waals surface area contributed by atoms with Crippen molar-refractivity contribution in [3.8, 4) is 0 Å². The van der Waals surface area contributed by atoms with Crippen molar-refractivity contribution < 1.29 is 13.2 Å². The summed E-state index contributed by atoms with van der Waals surface area (Å²) in [5, 5.41) is 2.67. The van der Waals surface area contributed by atoms with E-state index in [0.717, 1.165) is 12.8 Å². The van der Waals surface area contributed by atoms with Gasteiger partial charge < -0.3 is 11.1 Å². The summed E-state index contributed by atoms with van der Waals surface area (Å²) in [7, 11) is 0. The van der Waals surface area contributed by atoms with Gasteiger partial charge in [-0.25, -0.2) is 0 Å². The van der Waals surface area contributed by atoms with Gasteiger partial charge in [-0.15, -0.1) is 0 Å². The van der Waals surface area contributed by atoms with Gasteiger partial charge in [-0.3, -0.25) is 0 Å². The predicted molar refractivity (Wildman–Crippen MR) is 62.6 cm³/mol. The van der Waals surface area contributed by atoms with E-state index in [4.69, 9.17) is 5.73 Å². The standard InChI is InChI=1S/C12H23F3N2/c1-9(2)7-10(8-16)3-6-17-11(4-5-11)12(13,14)15/h9-10,17H,3-8,16H2,1-2H3. The molecule has 1 aliphatic rings. The topological polar surface area (TPSA) is 38.0 Å². The van der Waals surface area contributed by atoms with Gasteiger partial charge >= 0.3 is 6.18 Å². The van der Waals surface area contributed by atoms with Crippen molar-refractivity contribution >= 4 is 0 Å². The lowest BCUT2D eigenvalue weighted by Crippen LogP contribution is -2.45. The summed E-state index contributed by atoms with van der Waals surface area (Å²) in [6.07, 6.45) is -1.96. The van der Waals surface area contributed by atoms with Crippen LogP contribution < -0.4 is 11.1 Å². The number of nitrogens with two attached hydrogens (primary N) is 1. The van der Waals surface area contributed by atoms with Crippen LogP contribution in [0.3, 0.4) is 0 Å². The molecule has 5 heteroatoms. The Bertz CT molecular complexity index is 234. The molecule has 102 valence electrons. The fraction of sp³-hybridized carbons (Fsp3) is 1.00. The Labute approximate surface area is 101 Å². The van der Waals surface area contributed by atoms with Crippen LogP contribution in [-0.4, -0.2) is 24.8 Å². The molecular weight excluding hydrogens is 229 g/mol. The molecular formula is C12H23F3N2. The second-order valence-corrected chi connectivity index (χ2v) is 5.53. The molecule has 1 rings (SSSR count). The Balaban J connectivity index is 2.27. The maximum Gasteiger partial charge on any atom is 0.406 e. The summed E-state index contributed by atoms with van der Waals surface area (Å²) >= 11 is 0. The first-order chi connectivity index (χ1) is 7.81. The molecule has 0 aromatic rings. The Kier molecular flexibility index (Phi) is 4.84. The fourth-order valence-corrected chi connectivity index (χ4v) is 2.20. The summed E-state index contributed by atoms with van der Waals surface area (Å²) in [5.41, 5.74) is 4.04. The van der Waals surface area contributed by atoms with Gasteiger partial charge in [0.25, 0.3) is 0 Å². The van der Waals surface area contributed by atoms with Crippen LogP contribution in [-0.2, 0) is 0 Å². The zero-order valence-electron chi connectivity index (χ0n) is 10.6. The third kappa shape index (κ3) is 4.14. The molecule has 1 fully saturated rings. The van der Waals surface area contributed by atoms with Crippen LogP contribution in [0.2, 0.25) is 0 Å². The fourth-order valence-electron chi connectivity index (χ4n) is 2.20. The molecule has 0 aromatic heterocycles. The maximum atomic E-state index is 12.6. The van der Waals surface area contributed by atoms with Crippen molar-refractivity contribution in [3.05, 3.63) is 0 Å². The molecule has 0 amide bonds. The molecule has 1 aliphatic carbocycles. The number of halogens is 3. The zero-order valence-corrected chi connectivity index (χ0v) is 10.6. The van der Waals surface area contributed by atoms with E-state index in [-0.39, 0.29) is 12.8 Å². The van der Waals surface area contributed by atoms with E-state index >= 15 is 0 Å². The number of alkyl halides is 3. The van der Waals surface area contributed by atoms with Gasteiger partial charge in [0.15, 0.2) is 0 Å². The summed E-state index contributed by atoms with van der Waals surface area (Å²) in [6.45, 7) is 5.18. The van der Waals surface area contributed by atoms with E-state index in [1.807, 2.05) is 0 Å². The van der Waals surface area contributed by atoms with Gasteiger partial charge in [0.2, 0.25) is 0 Å². The van der Waals surface area contributed by atoms with Crippen LogP contribution in [0, 0.1) is 11.8 Å². The van der Waals surface area contributed by atoms with E-state index in [1.165, 1.54) is 0 Å². The minimum Gasteiger partial charge on any atom is -0.330 e. The Hall–Kier alpha value is -0.290. The first-order valence-electron chi connectivity index (χ1n) is 6.32. The largest absolute Gasteiger partial charge is 0.406 e. The molecule has 2 nitrogen and oxygen atoms in total. The first-order valence-corrected chi connectivity index (χ1v) is 6.32. The number of hydrogen-bond donors (Lipinski definition) is 2. The number of rotatable bonds is 7. The molecule has 1 unspecified atom stereocenters. The second kappa shape index (κ2) is 5.57. The average Bonchev–Trinajstić information content (AvgIpc) is 2.95. The van der Waals surface area contributed by atoms with Crippen molar-refractivity contribution in [2.24, 2.45) is 17.6 Å². The van der Waals surface area contributed by atoms with Crippen molar-refractivity contribution in [1.82, 2.24) is 5.32 Å². The minimum atomic E-state index is -4.11. The molecule has 0 heterocycles. The van der Waals surface area contributed by atoms with Gasteiger partial charge in [0.1, 0.15) is 5.54 Å². The van der Waals surface area contributed by atoms with Crippen LogP contribution in [0.15, 0.2) is 0 Å². The lowest BCUT2D eigenvalue weighted by Gasteiger charge is -2.23. The molecule has 1 saturated carbocycles. The van der Waals surface area contributed by atoms with Crippen LogP contribution in [0.1, 0.15) is 39.5 Å². The van der Waals surface area contributed by atoms with Crippen LogP contribution in [0.5, 0.6) is 0 Å². The van der Waals surface area contributed by atoms with E-state index < -0.39 is 11.7 Å². The minimum absolute atomic E-state index is 0.216. The van der Waals surface area contributed by atoms with Gasteiger partial charge in [-0.05, 0) is 50.6 Å². The summed E-state index contributed by atoms with van der Waals surface area (Å²) in [4.78, 5) is 0. The monoisotopic (exact) mass is 252 g/mol. The van der Waals surface area contributed by atoms with Gasteiger partial charge in [0.05, 0.1) is 0 Å². The summed E-state index contributed by atoms with van der Waals surface area (Å²) in [6, 6.07) is 0. The second-order valence-electron chi connectivity index (χ2n) is 5.53. The quantitative estimate of drug-likeness (QED) is 0.731. The number of nitrogens with one attached hydrogen (secondary N) is 1. The number of hydrogen-bond acceptors (Lipinski definition) is 2. The molecule has 3 N–H and O–H groups in total. The Morgan fingerprint density at radius 2 is 1.88 bits per heavy atom. The van der Waals surface area contributed by atoms with Crippen LogP contribution in [0.4, 0.5) is 13.2 Å². The Morgan fingerprint density at radius 1 is 1.29 bits per heavy atom. The van der Waals surface area contributed by atoms with E-state index in [2.05, 4.69) is 19.2 Å². The van der Waals surface area contributed by atoms with Crippen molar-refractivity contribution in [3.63, 3.8) is 0 Å². The van der Waals surface area contributed by atoms with Crippen molar-refractivity contribution in [2.45, 2.75) is 51.2 Å². The normalized spacial score (nSPS) is 20.6. The molecule has 0 radical (unpaired) electrons. The molecule has 0 saturated heterocycles. The molecule has 0 bridgehead atoms. The highest BCUT2D eigenvalue weighted by Gasteiger charge is 2.62. The summed E-state index contributed by atoms with van der Waals surface area (Å²) in [5.74, 6) is 0.868. The third-order valence-electron chi connectivity index (χ3n) is 3.45. The first kappa shape index (κ1) is 14.8. The lowest BCUT2D eigenvalue weighted by atomic mass is 9.94.